The van der Waals surface area contributed by atoms with E-state index >= 15 is 0 Å². The first-order chi connectivity index (χ1) is 7.70. The predicted octanol–water partition coefficient (Wildman–Crippen LogP) is 5.01. The van der Waals surface area contributed by atoms with Crippen LogP contribution >= 0.6 is 0 Å². The second-order valence-electron chi connectivity index (χ2n) is 4.50. The lowest BCUT2D eigenvalue weighted by Gasteiger charge is -2.03. The molecular formula is C16H22. The van der Waals surface area contributed by atoms with E-state index < -0.39 is 0 Å². The highest BCUT2D eigenvalue weighted by Gasteiger charge is 1.95. The summed E-state index contributed by atoms with van der Waals surface area (Å²) in [5, 5.41) is 0. The molecule has 0 saturated carbocycles. The van der Waals surface area contributed by atoms with Gasteiger partial charge in [0.2, 0.25) is 0 Å². The molecular weight excluding hydrogens is 192 g/mol. The summed E-state index contributed by atoms with van der Waals surface area (Å²) in [6.07, 6.45) is 11.0. The van der Waals surface area contributed by atoms with Gasteiger partial charge in [-0.2, -0.15) is 0 Å². The van der Waals surface area contributed by atoms with Gasteiger partial charge < -0.3 is 0 Å². The van der Waals surface area contributed by atoms with Crippen LogP contribution in [0.3, 0.4) is 0 Å². The second kappa shape index (κ2) is 7.05. The molecule has 0 saturated heterocycles. The first-order valence-electron chi connectivity index (χ1n) is 6.08. The minimum atomic E-state index is 0.653. The minimum absolute atomic E-state index is 0.653. The first-order valence-corrected chi connectivity index (χ1v) is 6.08. The molecule has 1 aliphatic carbocycles. The molecule has 0 radical (unpaired) electrons. The van der Waals surface area contributed by atoms with Crippen LogP contribution in [0.25, 0.3) is 0 Å². The van der Waals surface area contributed by atoms with Gasteiger partial charge in [-0.05, 0) is 31.2 Å². The molecule has 1 aliphatic rings. The lowest BCUT2D eigenvalue weighted by atomic mass is 10.0. The molecule has 0 N–H and O–H groups in total. The number of benzene rings is 1. The van der Waals surface area contributed by atoms with E-state index in [-0.39, 0.29) is 0 Å². The monoisotopic (exact) mass is 214 g/mol. The molecule has 86 valence electrons. The van der Waals surface area contributed by atoms with E-state index in [9.17, 15) is 0 Å². The van der Waals surface area contributed by atoms with Crippen LogP contribution in [0, 0.1) is 6.92 Å². The molecule has 0 amide bonds. The Balaban J connectivity index is 0.000000181. The smallest absolute Gasteiger partial charge is 0.0219 e. The van der Waals surface area contributed by atoms with Crippen molar-refractivity contribution in [3.05, 3.63) is 59.7 Å². The molecule has 0 spiro atoms. The first kappa shape index (κ1) is 12.8. The highest BCUT2D eigenvalue weighted by atomic mass is 14.0. The zero-order valence-electron chi connectivity index (χ0n) is 10.6. The highest BCUT2D eigenvalue weighted by Crippen LogP contribution is 2.13. The lowest BCUT2D eigenvalue weighted by Crippen LogP contribution is -1.85. The van der Waals surface area contributed by atoms with E-state index in [0.717, 1.165) is 0 Å². The molecule has 0 heterocycles. The van der Waals surface area contributed by atoms with E-state index in [1.807, 2.05) is 0 Å². The van der Waals surface area contributed by atoms with Gasteiger partial charge in [0.05, 0.1) is 0 Å². The average molecular weight is 214 g/mol. The molecule has 0 aliphatic heterocycles. The molecule has 16 heavy (non-hydrogen) atoms. The maximum atomic E-state index is 2.21. The number of allylic oxidation sites excluding steroid dienone is 4. The van der Waals surface area contributed by atoms with Gasteiger partial charge in [0.25, 0.3) is 0 Å². The SMILES string of the molecule is C1=CCCC=C1.Cc1ccc(C(C)C)cc1. The summed E-state index contributed by atoms with van der Waals surface area (Å²) in [6, 6.07) is 8.71. The molecule has 1 aromatic carbocycles. The summed E-state index contributed by atoms with van der Waals surface area (Å²) in [5.41, 5.74) is 2.76. The van der Waals surface area contributed by atoms with Gasteiger partial charge in [-0.1, -0.05) is 68.0 Å². The summed E-state index contributed by atoms with van der Waals surface area (Å²) >= 11 is 0. The van der Waals surface area contributed by atoms with E-state index in [1.165, 1.54) is 24.0 Å². The Morgan fingerprint density at radius 3 is 1.69 bits per heavy atom. The third-order valence-corrected chi connectivity index (χ3v) is 2.63. The zero-order chi connectivity index (χ0) is 11.8. The quantitative estimate of drug-likeness (QED) is 0.616. The summed E-state index contributed by atoms with van der Waals surface area (Å²) in [6.45, 7) is 6.54. The van der Waals surface area contributed by atoms with Gasteiger partial charge in [-0.15, -0.1) is 0 Å². The van der Waals surface area contributed by atoms with Crippen LogP contribution in [-0.2, 0) is 0 Å². The fourth-order valence-electron chi connectivity index (χ4n) is 1.49. The Morgan fingerprint density at radius 2 is 1.38 bits per heavy atom. The van der Waals surface area contributed by atoms with E-state index in [2.05, 4.69) is 69.3 Å². The second-order valence-corrected chi connectivity index (χ2v) is 4.50. The Bertz CT molecular complexity index is 327. The van der Waals surface area contributed by atoms with E-state index in [1.54, 1.807) is 0 Å². The van der Waals surface area contributed by atoms with Crippen molar-refractivity contribution in [1.29, 1.82) is 0 Å². The van der Waals surface area contributed by atoms with Crippen LogP contribution in [0.4, 0.5) is 0 Å². The molecule has 0 nitrogen and oxygen atoms in total. The Hall–Kier alpha value is -1.30. The van der Waals surface area contributed by atoms with Gasteiger partial charge in [-0.3, -0.25) is 0 Å². The van der Waals surface area contributed by atoms with Crippen molar-refractivity contribution in [2.75, 3.05) is 0 Å². The van der Waals surface area contributed by atoms with Crippen LogP contribution in [0.2, 0.25) is 0 Å². The predicted molar refractivity (Wildman–Crippen MR) is 72.8 cm³/mol. The van der Waals surface area contributed by atoms with Crippen molar-refractivity contribution in [2.45, 2.75) is 39.5 Å². The van der Waals surface area contributed by atoms with Crippen molar-refractivity contribution < 1.29 is 0 Å². The van der Waals surface area contributed by atoms with Crippen LogP contribution in [0.15, 0.2) is 48.6 Å². The third kappa shape index (κ3) is 4.97. The van der Waals surface area contributed by atoms with Crippen LogP contribution < -0.4 is 0 Å². The number of rotatable bonds is 1. The topological polar surface area (TPSA) is 0 Å². The fourth-order valence-corrected chi connectivity index (χ4v) is 1.49. The van der Waals surface area contributed by atoms with Gasteiger partial charge in [0, 0.05) is 0 Å². The van der Waals surface area contributed by atoms with Crippen molar-refractivity contribution in [2.24, 2.45) is 0 Å². The Morgan fingerprint density at radius 1 is 0.875 bits per heavy atom. The van der Waals surface area contributed by atoms with Gasteiger partial charge >= 0.3 is 0 Å². The normalized spacial score (nSPS) is 13.5. The average Bonchev–Trinajstić information content (AvgIpc) is 2.32. The molecule has 0 atom stereocenters. The summed E-state index contributed by atoms with van der Waals surface area (Å²) in [4.78, 5) is 0. The van der Waals surface area contributed by atoms with E-state index in [0.29, 0.717) is 5.92 Å². The highest BCUT2D eigenvalue weighted by molar-refractivity contribution is 5.23. The fraction of sp³-hybridized carbons (Fsp3) is 0.375. The van der Waals surface area contributed by atoms with Crippen molar-refractivity contribution in [3.63, 3.8) is 0 Å². The van der Waals surface area contributed by atoms with Crippen LogP contribution in [-0.4, -0.2) is 0 Å². The largest absolute Gasteiger partial charge is 0.0842 e. The molecule has 2 rings (SSSR count). The van der Waals surface area contributed by atoms with Crippen molar-refractivity contribution in [3.8, 4) is 0 Å². The maximum absolute atomic E-state index is 2.21. The molecule has 1 aromatic rings. The van der Waals surface area contributed by atoms with Crippen molar-refractivity contribution >= 4 is 0 Å². The maximum Gasteiger partial charge on any atom is -0.0219 e. The molecule has 0 bridgehead atoms. The standard InChI is InChI=1S/C10H14.C6H8/c1-8(2)10-6-4-9(3)5-7-10;1-2-4-6-5-3-1/h4-8H,1-3H3;1-4H,5-6H2. The van der Waals surface area contributed by atoms with Crippen LogP contribution in [0.5, 0.6) is 0 Å². The van der Waals surface area contributed by atoms with E-state index in [4.69, 9.17) is 0 Å². The molecule has 0 unspecified atom stereocenters. The third-order valence-electron chi connectivity index (χ3n) is 2.63. The molecule has 0 heteroatoms. The van der Waals surface area contributed by atoms with Crippen molar-refractivity contribution in [1.82, 2.24) is 0 Å². The molecule has 0 fully saturated rings. The number of aryl methyl sites for hydroxylation is 1. The van der Waals surface area contributed by atoms with Gasteiger partial charge in [0.15, 0.2) is 0 Å². The Labute approximate surface area is 99.7 Å². The summed E-state index contributed by atoms with van der Waals surface area (Å²) < 4.78 is 0. The van der Waals surface area contributed by atoms with Crippen LogP contribution in [0.1, 0.15) is 43.7 Å². The summed E-state index contributed by atoms with van der Waals surface area (Å²) in [7, 11) is 0. The zero-order valence-corrected chi connectivity index (χ0v) is 10.6. The summed E-state index contributed by atoms with van der Waals surface area (Å²) in [5.74, 6) is 0.653. The molecule has 0 aromatic heterocycles. The number of hydrogen-bond acceptors (Lipinski definition) is 0. The lowest BCUT2D eigenvalue weighted by molar-refractivity contribution is 0.866. The van der Waals surface area contributed by atoms with Gasteiger partial charge in [0.1, 0.15) is 0 Å². The number of hydrogen-bond donors (Lipinski definition) is 0. The van der Waals surface area contributed by atoms with Gasteiger partial charge in [-0.25, -0.2) is 0 Å². The minimum Gasteiger partial charge on any atom is -0.0842 e. The Kier molecular flexibility index (Phi) is 5.63.